The predicted octanol–water partition coefficient (Wildman–Crippen LogP) is 3.36. The van der Waals surface area contributed by atoms with Gasteiger partial charge in [-0.05, 0) is 50.1 Å². The molecule has 0 aliphatic carbocycles. The average Bonchev–Trinajstić information content (AvgIpc) is 3.13. The number of amides is 1. The molecule has 7 nitrogen and oxygen atoms in total. The second kappa shape index (κ2) is 9.04. The molecule has 0 spiro atoms. The van der Waals surface area contributed by atoms with E-state index in [1.165, 1.54) is 18.3 Å². The molecule has 0 radical (unpaired) electrons. The van der Waals surface area contributed by atoms with Crippen LogP contribution in [0.3, 0.4) is 0 Å². The van der Waals surface area contributed by atoms with Gasteiger partial charge in [0.2, 0.25) is 5.91 Å². The highest BCUT2D eigenvalue weighted by Crippen LogP contribution is 2.30. The van der Waals surface area contributed by atoms with Crippen molar-refractivity contribution in [3.05, 3.63) is 58.5 Å². The number of hydrogen-bond donors (Lipinski definition) is 1. The van der Waals surface area contributed by atoms with Crippen molar-refractivity contribution in [1.82, 2.24) is 19.9 Å². The summed E-state index contributed by atoms with van der Waals surface area (Å²) < 4.78 is 44.6. The van der Waals surface area contributed by atoms with Crippen LogP contribution in [0.15, 0.2) is 30.5 Å². The lowest BCUT2D eigenvalue weighted by Crippen LogP contribution is -2.28. The van der Waals surface area contributed by atoms with E-state index in [-0.39, 0.29) is 25.5 Å². The molecule has 0 bridgehead atoms. The van der Waals surface area contributed by atoms with Gasteiger partial charge in [0.15, 0.2) is 5.65 Å². The molecule has 2 heterocycles. The summed E-state index contributed by atoms with van der Waals surface area (Å²) in [6.45, 7) is 4.04. The highest BCUT2D eigenvalue weighted by Gasteiger charge is 2.30. The lowest BCUT2D eigenvalue weighted by atomic mass is 10.1. The van der Waals surface area contributed by atoms with Gasteiger partial charge < -0.3 is 10.1 Å². The first-order valence-corrected chi connectivity index (χ1v) is 9.51. The number of aromatic nitrogens is 3. The zero-order valence-corrected chi connectivity index (χ0v) is 17.0. The smallest absolute Gasteiger partial charge is 0.416 e. The van der Waals surface area contributed by atoms with Crippen LogP contribution in [-0.2, 0) is 17.4 Å². The summed E-state index contributed by atoms with van der Waals surface area (Å²) in [7, 11) is 0. The van der Waals surface area contributed by atoms with Crippen molar-refractivity contribution >= 4 is 11.6 Å². The lowest BCUT2D eigenvalue weighted by Gasteiger charge is -2.12. The Morgan fingerprint density at radius 1 is 1.26 bits per heavy atom. The van der Waals surface area contributed by atoms with Gasteiger partial charge in [-0.2, -0.15) is 23.5 Å². The van der Waals surface area contributed by atoms with Crippen LogP contribution in [0.2, 0.25) is 0 Å². The van der Waals surface area contributed by atoms with Crippen LogP contribution in [0.5, 0.6) is 5.75 Å². The summed E-state index contributed by atoms with van der Waals surface area (Å²) in [5.41, 5.74) is 2.58. The van der Waals surface area contributed by atoms with Crippen molar-refractivity contribution in [3.8, 4) is 11.8 Å². The Balaban J connectivity index is 1.48. The fraction of sp³-hybridized carbons (Fsp3) is 0.333. The van der Waals surface area contributed by atoms with Gasteiger partial charge in [0.1, 0.15) is 24.0 Å². The number of carbonyl (C=O) groups excluding carboxylic acids is 1. The van der Waals surface area contributed by atoms with Gasteiger partial charge in [-0.3, -0.25) is 4.79 Å². The van der Waals surface area contributed by atoms with Crippen molar-refractivity contribution in [1.29, 1.82) is 5.26 Å². The van der Waals surface area contributed by atoms with E-state index in [0.717, 1.165) is 29.1 Å². The Hall–Kier alpha value is -3.61. The summed E-state index contributed by atoms with van der Waals surface area (Å²) in [4.78, 5) is 16.6. The largest absolute Gasteiger partial charge is 0.492 e. The molecule has 1 aromatic carbocycles. The van der Waals surface area contributed by atoms with Crippen molar-refractivity contribution in [3.63, 3.8) is 0 Å². The molecule has 0 saturated heterocycles. The second-order valence-corrected chi connectivity index (χ2v) is 6.89. The maximum Gasteiger partial charge on any atom is 0.416 e. The zero-order chi connectivity index (χ0) is 22.6. The Kier molecular flexibility index (Phi) is 6.44. The highest BCUT2D eigenvalue weighted by atomic mass is 19.4. The molecule has 3 rings (SSSR count). The standard InChI is InChI=1S/C21H20F3N5O2/c1-13-18(14(2)29-20(28-13)15(11-25)12-27-29)7-8-19(30)26-9-10-31-17-5-3-16(4-6-17)21(22,23)24/h3-6,12H,7-10H2,1-2H3,(H,26,30). The Morgan fingerprint density at radius 2 is 1.97 bits per heavy atom. The molecule has 0 unspecified atom stereocenters. The maximum absolute atomic E-state index is 12.5. The molecule has 31 heavy (non-hydrogen) atoms. The molecule has 0 aliphatic heterocycles. The fourth-order valence-electron chi connectivity index (χ4n) is 3.18. The zero-order valence-electron chi connectivity index (χ0n) is 17.0. The molecule has 3 aromatic rings. The number of nitrogens with one attached hydrogen (secondary N) is 1. The van der Waals surface area contributed by atoms with E-state index in [4.69, 9.17) is 10.00 Å². The lowest BCUT2D eigenvalue weighted by molar-refractivity contribution is -0.137. The highest BCUT2D eigenvalue weighted by molar-refractivity contribution is 5.76. The molecule has 162 valence electrons. The summed E-state index contributed by atoms with van der Waals surface area (Å²) in [6, 6.07) is 6.43. The number of ether oxygens (including phenoxy) is 1. The quantitative estimate of drug-likeness (QED) is 0.579. The third-order valence-electron chi connectivity index (χ3n) is 4.81. The van der Waals surface area contributed by atoms with Crippen LogP contribution < -0.4 is 10.1 Å². The van der Waals surface area contributed by atoms with Crippen LogP contribution >= 0.6 is 0 Å². The van der Waals surface area contributed by atoms with Crippen LogP contribution in [-0.4, -0.2) is 33.7 Å². The third kappa shape index (κ3) is 5.12. The number of alkyl halides is 3. The average molecular weight is 431 g/mol. The van der Waals surface area contributed by atoms with Gasteiger partial charge in [-0.15, -0.1) is 0 Å². The minimum atomic E-state index is -4.39. The number of benzene rings is 1. The van der Waals surface area contributed by atoms with Crippen molar-refractivity contribution in [2.45, 2.75) is 32.9 Å². The van der Waals surface area contributed by atoms with Gasteiger partial charge in [0, 0.05) is 17.8 Å². The topological polar surface area (TPSA) is 92.3 Å². The Labute approximate surface area is 176 Å². The molecule has 0 atom stereocenters. The molecule has 1 N–H and O–H groups in total. The molecule has 0 fully saturated rings. The number of fused-ring (bicyclic) bond motifs is 1. The molecule has 1 amide bonds. The van der Waals surface area contributed by atoms with Gasteiger partial charge in [-0.1, -0.05) is 0 Å². The first-order valence-electron chi connectivity index (χ1n) is 9.51. The van der Waals surface area contributed by atoms with E-state index < -0.39 is 11.7 Å². The fourth-order valence-corrected chi connectivity index (χ4v) is 3.18. The first-order chi connectivity index (χ1) is 14.7. The van der Waals surface area contributed by atoms with Crippen LogP contribution in [0.4, 0.5) is 13.2 Å². The minimum absolute atomic E-state index is 0.132. The molecule has 10 heteroatoms. The van der Waals surface area contributed by atoms with Crippen LogP contribution in [0.1, 0.15) is 34.5 Å². The van der Waals surface area contributed by atoms with E-state index in [9.17, 15) is 18.0 Å². The normalized spacial score (nSPS) is 11.4. The number of carbonyl (C=O) groups is 1. The van der Waals surface area contributed by atoms with Crippen molar-refractivity contribution in [2.24, 2.45) is 0 Å². The van der Waals surface area contributed by atoms with Crippen LogP contribution in [0, 0.1) is 25.2 Å². The molecule has 2 aromatic heterocycles. The molecular weight excluding hydrogens is 411 g/mol. The van der Waals surface area contributed by atoms with Gasteiger partial charge in [0.25, 0.3) is 0 Å². The number of nitrogens with zero attached hydrogens (tertiary/aromatic N) is 4. The van der Waals surface area contributed by atoms with E-state index in [1.54, 1.807) is 4.52 Å². The molecule has 0 saturated carbocycles. The number of halogens is 3. The minimum Gasteiger partial charge on any atom is -0.492 e. The number of nitriles is 1. The summed E-state index contributed by atoms with van der Waals surface area (Å²) >= 11 is 0. The van der Waals surface area contributed by atoms with Gasteiger partial charge in [0.05, 0.1) is 18.3 Å². The summed E-state index contributed by atoms with van der Waals surface area (Å²) in [5.74, 6) is 0.108. The molecular formula is C21H20F3N5O2. The van der Waals surface area contributed by atoms with Crippen molar-refractivity contribution < 1.29 is 22.7 Å². The number of rotatable bonds is 7. The van der Waals surface area contributed by atoms with E-state index in [2.05, 4.69) is 21.5 Å². The van der Waals surface area contributed by atoms with E-state index in [1.807, 2.05) is 13.8 Å². The monoisotopic (exact) mass is 431 g/mol. The number of hydrogen-bond acceptors (Lipinski definition) is 5. The second-order valence-electron chi connectivity index (χ2n) is 6.89. The Morgan fingerprint density at radius 3 is 2.61 bits per heavy atom. The summed E-state index contributed by atoms with van der Waals surface area (Å²) in [6.07, 6.45) is -2.25. The Bertz CT molecular complexity index is 1130. The number of aryl methyl sites for hydroxylation is 2. The van der Waals surface area contributed by atoms with Crippen LogP contribution in [0.25, 0.3) is 5.65 Å². The van der Waals surface area contributed by atoms with Gasteiger partial charge in [-0.25, -0.2) is 9.50 Å². The first kappa shape index (κ1) is 22.1. The van der Waals surface area contributed by atoms with Crippen molar-refractivity contribution in [2.75, 3.05) is 13.2 Å². The molecule has 0 aliphatic rings. The van der Waals surface area contributed by atoms with Gasteiger partial charge >= 0.3 is 6.18 Å². The maximum atomic E-state index is 12.5. The van der Waals surface area contributed by atoms with E-state index >= 15 is 0 Å². The third-order valence-corrected chi connectivity index (χ3v) is 4.81. The SMILES string of the molecule is Cc1nc2c(C#N)cnn2c(C)c1CCC(=O)NCCOc1ccc(C(F)(F)F)cc1. The summed E-state index contributed by atoms with van der Waals surface area (Å²) in [5, 5.41) is 16.0. The predicted molar refractivity (Wildman–Crippen MR) is 105 cm³/mol. The van der Waals surface area contributed by atoms with E-state index in [0.29, 0.717) is 23.4 Å².